The molecule has 0 bridgehead atoms. The fourth-order valence-electron chi connectivity index (χ4n) is 2.12. The predicted molar refractivity (Wildman–Crippen MR) is 69.9 cm³/mol. The fraction of sp³-hybridized carbons (Fsp3) is 0.500. The van der Waals surface area contributed by atoms with Crippen LogP contribution in [0.1, 0.15) is 6.92 Å². The zero-order chi connectivity index (χ0) is 14.5. The number of hydrogen-bond donors (Lipinski definition) is 1. The molecule has 20 heavy (non-hydrogen) atoms. The lowest BCUT2D eigenvalue weighted by molar-refractivity contribution is -0.149. The van der Waals surface area contributed by atoms with Crippen molar-refractivity contribution in [1.82, 2.24) is 4.90 Å². The zero-order valence-electron chi connectivity index (χ0n) is 11.3. The highest BCUT2D eigenvalue weighted by Crippen LogP contribution is 2.13. The van der Waals surface area contributed by atoms with Crippen LogP contribution in [0.5, 0.6) is 5.75 Å². The van der Waals surface area contributed by atoms with Gasteiger partial charge < -0.3 is 19.5 Å². The maximum absolute atomic E-state index is 12.7. The highest BCUT2D eigenvalue weighted by atomic mass is 19.1. The molecule has 1 fully saturated rings. The number of nitrogens with zero attached hydrogens (tertiary/aromatic N) is 1. The van der Waals surface area contributed by atoms with Gasteiger partial charge in [0.05, 0.1) is 18.8 Å². The van der Waals surface area contributed by atoms with Crippen molar-refractivity contribution >= 4 is 5.91 Å². The Bertz CT molecular complexity index is 451. The molecule has 2 unspecified atom stereocenters. The fourth-order valence-corrected chi connectivity index (χ4v) is 2.12. The number of aliphatic hydroxyl groups is 1. The third kappa shape index (κ3) is 3.91. The van der Waals surface area contributed by atoms with Crippen LogP contribution >= 0.6 is 0 Å². The summed E-state index contributed by atoms with van der Waals surface area (Å²) in [6.07, 6.45) is -0.468. The van der Waals surface area contributed by atoms with Crippen LogP contribution in [-0.4, -0.2) is 54.4 Å². The van der Waals surface area contributed by atoms with Crippen molar-refractivity contribution < 1.29 is 23.8 Å². The third-order valence-electron chi connectivity index (χ3n) is 3.06. The molecule has 1 aromatic carbocycles. The quantitative estimate of drug-likeness (QED) is 0.888. The lowest BCUT2D eigenvalue weighted by atomic mass is 10.2. The van der Waals surface area contributed by atoms with E-state index in [9.17, 15) is 9.18 Å². The molecule has 1 aromatic rings. The number of amides is 1. The minimum absolute atomic E-state index is 0.115. The number of rotatable bonds is 4. The molecule has 6 heteroatoms. The van der Waals surface area contributed by atoms with E-state index in [1.165, 1.54) is 24.3 Å². The van der Waals surface area contributed by atoms with Crippen LogP contribution < -0.4 is 4.74 Å². The molecule has 0 radical (unpaired) electrons. The van der Waals surface area contributed by atoms with E-state index < -0.39 is 0 Å². The molecule has 0 aromatic heterocycles. The van der Waals surface area contributed by atoms with Crippen LogP contribution in [0.25, 0.3) is 0 Å². The SMILES string of the molecule is CC1CN(C(=O)COc2ccc(F)cc2)CC(CO)O1. The maximum atomic E-state index is 12.7. The highest BCUT2D eigenvalue weighted by molar-refractivity contribution is 5.78. The van der Waals surface area contributed by atoms with E-state index in [0.29, 0.717) is 18.8 Å². The summed E-state index contributed by atoms with van der Waals surface area (Å²) in [5.74, 6) is -0.0841. The number of hydrogen-bond acceptors (Lipinski definition) is 4. The predicted octanol–water partition coefficient (Wildman–Crippen LogP) is 0.813. The molecule has 1 aliphatic rings. The van der Waals surface area contributed by atoms with Crippen molar-refractivity contribution in [3.8, 4) is 5.75 Å². The first-order chi connectivity index (χ1) is 9.58. The molecule has 2 atom stereocenters. The maximum Gasteiger partial charge on any atom is 0.260 e. The van der Waals surface area contributed by atoms with E-state index in [0.717, 1.165) is 0 Å². The molecular weight excluding hydrogens is 265 g/mol. The summed E-state index contributed by atoms with van der Waals surface area (Å²) in [5, 5.41) is 9.11. The average Bonchev–Trinajstić information content (AvgIpc) is 2.45. The second-order valence-electron chi connectivity index (χ2n) is 4.79. The molecule has 0 spiro atoms. The topological polar surface area (TPSA) is 59.0 Å². The van der Waals surface area contributed by atoms with Crippen molar-refractivity contribution in [2.45, 2.75) is 19.1 Å². The Morgan fingerprint density at radius 2 is 2.15 bits per heavy atom. The highest BCUT2D eigenvalue weighted by Gasteiger charge is 2.27. The van der Waals surface area contributed by atoms with Gasteiger partial charge in [-0.2, -0.15) is 0 Å². The van der Waals surface area contributed by atoms with Gasteiger partial charge in [0.15, 0.2) is 6.61 Å². The minimum Gasteiger partial charge on any atom is -0.484 e. The molecule has 110 valence electrons. The molecule has 1 heterocycles. The van der Waals surface area contributed by atoms with Gasteiger partial charge in [-0.25, -0.2) is 4.39 Å². The van der Waals surface area contributed by atoms with Crippen molar-refractivity contribution in [3.63, 3.8) is 0 Å². The normalized spacial score (nSPS) is 22.6. The van der Waals surface area contributed by atoms with Crippen molar-refractivity contribution in [3.05, 3.63) is 30.1 Å². The largest absolute Gasteiger partial charge is 0.484 e. The number of ether oxygens (including phenoxy) is 2. The molecular formula is C14H18FNO4. The van der Waals surface area contributed by atoms with E-state index in [-0.39, 0.29) is 37.1 Å². The Labute approximate surface area is 116 Å². The summed E-state index contributed by atoms with van der Waals surface area (Å²) in [7, 11) is 0. The number of aliphatic hydroxyl groups excluding tert-OH is 1. The van der Waals surface area contributed by atoms with Gasteiger partial charge in [-0.3, -0.25) is 4.79 Å². The average molecular weight is 283 g/mol. The zero-order valence-corrected chi connectivity index (χ0v) is 11.3. The van der Waals surface area contributed by atoms with Crippen LogP contribution in [0, 0.1) is 5.82 Å². The molecule has 5 nitrogen and oxygen atoms in total. The number of benzene rings is 1. The van der Waals surface area contributed by atoms with E-state index in [1.807, 2.05) is 6.92 Å². The summed E-state index contributed by atoms with van der Waals surface area (Å²) in [4.78, 5) is 13.6. The van der Waals surface area contributed by atoms with Gasteiger partial charge in [-0.1, -0.05) is 0 Å². The Morgan fingerprint density at radius 3 is 2.80 bits per heavy atom. The third-order valence-corrected chi connectivity index (χ3v) is 3.06. The molecule has 1 amide bonds. The molecule has 2 rings (SSSR count). The van der Waals surface area contributed by atoms with Crippen LogP contribution in [0.2, 0.25) is 0 Å². The van der Waals surface area contributed by atoms with Gasteiger partial charge in [-0.05, 0) is 31.2 Å². The first kappa shape index (κ1) is 14.7. The molecule has 1 aliphatic heterocycles. The van der Waals surface area contributed by atoms with Gasteiger partial charge in [0.2, 0.25) is 0 Å². The number of carbonyl (C=O) groups excluding carboxylic acids is 1. The van der Waals surface area contributed by atoms with Crippen molar-refractivity contribution in [2.24, 2.45) is 0 Å². The monoisotopic (exact) mass is 283 g/mol. The summed E-state index contributed by atoms with van der Waals surface area (Å²) in [5.41, 5.74) is 0. The van der Waals surface area contributed by atoms with Gasteiger partial charge in [0, 0.05) is 13.1 Å². The summed E-state index contributed by atoms with van der Waals surface area (Å²) < 4.78 is 23.5. The second kappa shape index (κ2) is 6.67. The number of morpholine rings is 1. The van der Waals surface area contributed by atoms with Gasteiger partial charge in [-0.15, -0.1) is 0 Å². The number of halogens is 1. The van der Waals surface area contributed by atoms with Crippen molar-refractivity contribution in [2.75, 3.05) is 26.3 Å². The minimum atomic E-state index is -0.353. The first-order valence-electron chi connectivity index (χ1n) is 6.51. The summed E-state index contributed by atoms with van der Waals surface area (Å²) in [6.45, 7) is 2.45. The summed E-state index contributed by atoms with van der Waals surface area (Å²) in [6, 6.07) is 5.50. The lowest BCUT2D eigenvalue weighted by Crippen LogP contribution is -2.51. The smallest absolute Gasteiger partial charge is 0.260 e. The van der Waals surface area contributed by atoms with E-state index in [1.54, 1.807) is 4.90 Å². The number of carbonyl (C=O) groups is 1. The summed E-state index contributed by atoms with van der Waals surface area (Å²) >= 11 is 0. The Morgan fingerprint density at radius 1 is 1.45 bits per heavy atom. The Balaban J connectivity index is 1.86. The Hall–Kier alpha value is -1.66. The van der Waals surface area contributed by atoms with Gasteiger partial charge in [0.1, 0.15) is 11.6 Å². The Kier molecular flexibility index (Phi) is 4.92. The van der Waals surface area contributed by atoms with Crippen molar-refractivity contribution in [1.29, 1.82) is 0 Å². The first-order valence-corrected chi connectivity index (χ1v) is 6.51. The molecule has 0 saturated carbocycles. The second-order valence-corrected chi connectivity index (χ2v) is 4.79. The van der Waals surface area contributed by atoms with E-state index in [2.05, 4.69) is 0 Å². The molecule has 0 aliphatic carbocycles. The molecule has 1 saturated heterocycles. The molecule has 1 N–H and O–H groups in total. The van der Waals surface area contributed by atoms with Gasteiger partial charge >= 0.3 is 0 Å². The standard InChI is InChI=1S/C14H18FNO4/c1-10-6-16(7-13(8-17)20-10)14(18)9-19-12-4-2-11(15)3-5-12/h2-5,10,13,17H,6-9H2,1H3. The lowest BCUT2D eigenvalue weighted by Gasteiger charge is -2.36. The van der Waals surface area contributed by atoms with E-state index >= 15 is 0 Å². The van der Waals surface area contributed by atoms with E-state index in [4.69, 9.17) is 14.6 Å². The van der Waals surface area contributed by atoms with Gasteiger partial charge in [0.25, 0.3) is 5.91 Å². The van der Waals surface area contributed by atoms with Crippen LogP contribution in [-0.2, 0) is 9.53 Å². The van der Waals surface area contributed by atoms with Crippen LogP contribution in [0.15, 0.2) is 24.3 Å². The van der Waals surface area contributed by atoms with Crippen LogP contribution in [0.3, 0.4) is 0 Å². The van der Waals surface area contributed by atoms with Crippen LogP contribution in [0.4, 0.5) is 4.39 Å².